The summed E-state index contributed by atoms with van der Waals surface area (Å²) in [5.41, 5.74) is -3.69. The van der Waals surface area contributed by atoms with E-state index in [-0.39, 0.29) is 38.1 Å². The van der Waals surface area contributed by atoms with Gasteiger partial charge in [0.05, 0.1) is 23.7 Å². The molecule has 39 heavy (non-hydrogen) atoms. The third-order valence-electron chi connectivity index (χ3n) is 8.99. The van der Waals surface area contributed by atoms with E-state index < -0.39 is 40.1 Å². The fourth-order valence-corrected chi connectivity index (χ4v) is 5.68. The molecule has 3 fully saturated rings. The lowest BCUT2D eigenvalue weighted by Gasteiger charge is -2.32. The van der Waals surface area contributed by atoms with Crippen LogP contribution in [0.5, 0.6) is 0 Å². The number of epoxide rings is 3. The summed E-state index contributed by atoms with van der Waals surface area (Å²) in [6.07, 6.45) is 6.64. The Kier molecular flexibility index (Phi) is 10.5. The van der Waals surface area contributed by atoms with Gasteiger partial charge in [0.2, 0.25) is 0 Å². The number of hydrogen-bond donors (Lipinski definition) is 0. The van der Waals surface area contributed by atoms with Crippen LogP contribution in [0.25, 0.3) is 0 Å². The molecule has 0 N–H and O–H groups in total. The monoisotopic (exact) mass is 554 g/mol. The maximum atomic E-state index is 13.1. The Hall–Kier alpha value is -1.71. The quantitative estimate of drug-likeness (QED) is 0.123. The molecule has 0 bridgehead atoms. The van der Waals surface area contributed by atoms with Gasteiger partial charge in [-0.3, -0.25) is 0 Å². The van der Waals surface area contributed by atoms with Gasteiger partial charge < -0.3 is 28.4 Å². The fraction of sp³-hybridized carbons (Fsp3) is 0.900. The normalized spacial score (nSPS) is 32.8. The SMILES string of the molecule is CCC[C@@H]1O[C@]1(CC)C(=O)OCC(CC)(COC(=O)[C@@]1(CC)O[C@H]1CCC)COC(=O)[C@@]1(CC)O[C@@H]1CCC. The highest BCUT2D eigenvalue weighted by atomic mass is 16.7. The van der Waals surface area contributed by atoms with E-state index in [0.29, 0.717) is 25.7 Å². The molecule has 0 unspecified atom stereocenters. The van der Waals surface area contributed by atoms with Crippen molar-refractivity contribution in [2.45, 2.75) is 148 Å². The Morgan fingerprint density at radius 2 is 0.846 bits per heavy atom. The van der Waals surface area contributed by atoms with E-state index in [1.807, 2.05) is 48.5 Å². The Balaban J connectivity index is 1.71. The zero-order valence-corrected chi connectivity index (χ0v) is 25.1. The Morgan fingerprint density at radius 3 is 1.05 bits per heavy atom. The molecule has 0 aromatic heterocycles. The van der Waals surface area contributed by atoms with E-state index in [1.165, 1.54) is 0 Å². The maximum absolute atomic E-state index is 13.1. The lowest BCUT2D eigenvalue weighted by Crippen LogP contribution is -2.43. The fourth-order valence-electron chi connectivity index (χ4n) is 5.68. The van der Waals surface area contributed by atoms with Crippen molar-refractivity contribution in [2.24, 2.45) is 5.41 Å². The van der Waals surface area contributed by atoms with Crippen LogP contribution < -0.4 is 0 Å². The second-order valence-electron chi connectivity index (χ2n) is 11.5. The van der Waals surface area contributed by atoms with E-state index in [0.717, 1.165) is 38.5 Å². The van der Waals surface area contributed by atoms with Crippen molar-refractivity contribution in [3.63, 3.8) is 0 Å². The second-order valence-corrected chi connectivity index (χ2v) is 11.5. The highest BCUT2D eigenvalue weighted by Crippen LogP contribution is 2.46. The molecule has 9 nitrogen and oxygen atoms in total. The van der Waals surface area contributed by atoms with Gasteiger partial charge in [0.15, 0.2) is 16.8 Å². The summed E-state index contributed by atoms with van der Waals surface area (Å²) >= 11 is 0. The van der Waals surface area contributed by atoms with Crippen molar-refractivity contribution < 1.29 is 42.8 Å². The van der Waals surface area contributed by atoms with Gasteiger partial charge in [-0.2, -0.15) is 0 Å². The van der Waals surface area contributed by atoms with Crippen LogP contribution in [0.4, 0.5) is 0 Å². The van der Waals surface area contributed by atoms with Crippen LogP contribution in [-0.2, 0) is 42.8 Å². The molecule has 3 aliphatic heterocycles. The smallest absolute Gasteiger partial charge is 0.341 e. The number of hydrogen-bond acceptors (Lipinski definition) is 9. The Morgan fingerprint density at radius 1 is 0.564 bits per heavy atom. The molecule has 0 aromatic rings. The third-order valence-corrected chi connectivity index (χ3v) is 8.99. The number of ether oxygens (including phenoxy) is 6. The van der Waals surface area contributed by atoms with E-state index in [9.17, 15) is 14.4 Å². The van der Waals surface area contributed by atoms with Crippen LogP contribution in [0, 0.1) is 5.41 Å². The standard InChI is InChI=1S/C30H50O9/c1-8-15-21-28(12-5,37-21)24(31)34-18-27(11-4,19-35-25(32)29(13-6)22(38-29)16-9-2)20-36-26(33)30(14-7)23(39-30)17-10-3/h21-23H,8-20H2,1-7H3/t21-,22-,23+,28-,29-,30-/m0/s1. The predicted octanol–water partition coefficient (Wildman–Crippen LogP) is 5.06. The van der Waals surface area contributed by atoms with Crippen molar-refractivity contribution in [1.29, 1.82) is 0 Å². The van der Waals surface area contributed by atoms with Crippen LogP contribution in [0.3, 0.4) is 0 Å². The van der Waals surface area contributed by atoms with Crippen molar-refractivity contribution >= 4 is 17.9 Å². The average Bonchev–Trinajstić information content (AvgIpc) is 3.87. The molecule has 0 saturated carbocycles. The molecule has 0 aliphatic carbocycles. The molecule has 3 aliphatic rings. The molecule has 3 saturated heterocycles. The Labute approximate surface area is 233 Å². The first-order valence-corrected chi connectivity index (χ1v) is 15.2. The van der Waals surface area contributed by atoms with Crippen molar-refractivity contribution in [1.82, 2.24) is 0 Å². The summed E-state index contributed by atoms with van der Waals surface area (Å²) in [4.78, 5) is 39.4. The van der Waals surface area contributed by atoms with E-state index in [2.05, 4.69) is 0 Å². The molecule has 0 aromatic carbocycles. The molecule has 0 radical (unpaired) electrons. The first-order valence-electron chi connectivity index (χ1n) is 15.2. The van der Waals surface area contributed by atoms with Gasteiger partial charge in [0.25, 0.3) is 0 Å². The first-order chi connectivity index (χ1) is 18.6. The van der Waals surface area contributed by atoms with Gasteiger partial charge in [-0.25, -0.2) is 14.4 Å². The largest absolute Gasteiger partial charge is 0.463 e. The summed E-state index contributed by atoms with van der Waals surface area (Å²) in [5, 5.41) is 0. The minimum Gasteiger partial charge on any atom is -0.463 e. The average molecular weight is 555 g/mol. The van der Waals surface area contributed by atoms with Gasteiger partial charge in [-0.15, -0.1) is 0 Å². The first kappa shape index (κ1) is 31.8. The number of esters is 3. The number of carbonyl (C=O) groups is 3. The van der Waals surface area contributed by atoms with Gasteiger partial charge in [0.1, 0.15) is 19.8 Å². The van der Waals surface area contributed by atoms with E-state index >= 15 is 0 Å². The maximum Gasteiger partial charge on any atom is 0.341 e. The molecular weight excluding hydrogens is 504 g/mol. The molecular formula is C30H50O9. The summed E-state index contributed by atoms with van der Waals surface area (Å²) in [6, 6.07) is 0. The summed E-state index contributed by atoms with van der Waals surface area (Å²) in [6.45, 7) is 13.6. The number of rotatable bonds is 19. The zero-order chi connectivity index (χ0) is 28.9. The van der Waals surface area contributed by atoms with Crippen LogP contribution in [0.2, 0.25) is 0 Å². The van der Waals surface area contributed by atoms with Gasteiger partial charge in [0, 0.05) is 0 Å². The molecule has 6 atom stereocenters. The van der Waals surface area contributed by atoms with Crippen molar-refractivity contribution in [3.05, 3.63) is 0 Å². The summed E-state index contributed by atoms with van der Waals surface area (Å²) in [7, 11) is 0. The topological polar surface area (TPSA) is 116 Å². The van der Waals surface area contributed by atoms with Gasteiger partial charge in [-0.1, -0.05) is 67.7 Å². The second kappa shape index (κ2) is 12.9. The van der Waals surface area contributed by atoms with Crippen LogP contribution >= 0.6 is 0 Å². The molecule has 3 rings (SSSR count). The lowest BCUT2D eigenvalue weighted by molar-refractivity contribution is -0.169. The molecule has 9 heteroatoms. The van der Waals surface area contributed by atoms with Gasteiger partial charge >= 0.3 is 17.9 Å². The highest BCUT2D eigenvalue weighted by Gasteiger charge is 2.64. The summed E-state index contributed by atoms with van der Waals surface area (Å²) < 4.78 is 34.8. The molecule has 3 heterocycles. The third kappa shape index (κ3) is 6.30. The molecule has 0 amide bonds. The summed E-state index contributed by atoms with van der Waals surface area (Å²) in [5.74, 6) is -1.26. The van der Waals surface area contributed by atoms with E-state index in [1.54, 1.807) is 0 Å². The van der Waals surface area contributed by atoms with Crippen molar-refractivity contribution in [2.75, 3.05) is 19.8 Å². The Bertz CT molecular complexity index is 767. The highest BCUT2D eigenvalue weighted by molar-refractivity contribution is 5.84. The zero-order valence-electron chi connectivity index (χ0n) is 25.1. The van der Waals surface area contributed by atoms with Crippen LogP contribution in [-0.4, -0.2) is 72.8 Å². The minimum atomic E-state index is -0.925. The molecule has 0 spiro atoms. The van der Waals surface area contributed by atoms with Crippen LogP contribution in [0.15, 0.2) is 0 Å². The van der Waals surface area contributed by atoms with Gasteiger partial charge in [-0.05, 0) is 44.9 Å². The lowest BCUT2D eigenvalue weighted by atomic mass is 9.87. The van der Waals surface area contributed by atoms with Crippen molar-refractivity contribution in [3.8, 4) is 0 Å². The van der Waals surface area contributed by atoms with E-state index in [4.69, 9.17) is 28.4 Å². The van der Waals surface area contributed by atoms with Crippen LogP contribution in [0.1, 0.15) is 113 Å². The molecule has 224 valence electrons. The number of carbonyl (C=O) groups excluding carboxylic acids is 3. The predicted molar refractivity (Wildman–Crippen MR) is 144 cm³/mol. The minimum absolute atomic E-state index is 0.0659.